The third-order valence-corrected chi connectivity index (χ3v) is 0. The molecular weight excluding hydrogens is 113 g/mol. The molecule has 3 heteroatoms. The smallest absolute Gasteiger partial charge is 0 e. The molecule has 0 saturated heterocycles. The van der Waals surface area contributed by atoms with Crippen LogP contribution in [-0.4, -0.2) is 0 Å². The first-order chi connectivity index (χ1) is 1.00. The van der Waals surface area contributed by atoms with Gasteiger partial charge in [0, 0.05) is 17.1 Å². The van der Waals surface area contributed by atoms with Crippen molar-refractivity contribution in [3.8, 4) is 0 Å². The van der Waals surface area contributed by atoms with E-state index in [1.165, 1.54) is 0 Å². The van der Waals surface area contributed by atoms with Crippen LogP contribution in [0.3, 0.4) is 0 Å². The summed E-state index contributed by atoms with van der Waals surface area (Å²) in [6.45, 7) is 4.75. The first-order valence-corrected chi connectivity index (χ1v) is 0.224. The van der Waals surface area contributed by atoms with Crippen LogP contribution in [0.15, 0.2) is 0 Å². The van der Waals surface area contributed by atoms with Crippen LogP contribution in [0.2, 0.25) is 0 Å². The summed E-state index contributed by atoms with van der Waals surface area (Å²) in [5.74, 6) is 0. The Morgan fingerprint density at radius 1 is 1.25 bits per heavy atom. The maximum Gasteiger partial charge on any atom is 0 e. The van der Waals surface area contributed by atoms with Gasteiger partial charge in [0.05, 0.1) is 0 Å². The Morgan fingerprint density at radius 3 is 1.25 bits per heavy atom. The van der Waals surface area contributed by atoms with Crippen LogP contribution < -0.4 is 0 Å². The van der Waals surface area contributed by atoms with E-state index < -0.39 is 0 Å². The average molecular weight is 115 g/mol. The van der Waals surface area contributed by atoms with Crippen molar-refractivity contribution >= 4 is 13.5 Å². The summed E-state index contributed by atoms with van der Waals surface area (Å²) < 4.78 is 0. The minimum absolute atomic E-state index is 0. The van der Waals surface area contributed by atoms with Gasteiger partial charge in [-0.05, 0) is 0 Å². The van der Waals surface area contributed by atoms with E-state index in [2.05, 4.69) is 0 Å². The molecule has 0 atom stereocenters. The molecule has 0 aromatic heterocycles. The number of hydrogen-bond acceptors (Lipinski definition) is 1. The SMILES string of the molecule is S.[C-]#N.[Mn]. The molecule has 0 rings (SSSR count). The van der Waals surface area contributed by atoms with Gasteiger partial charge in [-0.2, -0.15) is 13.5 Å². The van der Waals surface area contributed by atoms with Crippen LogP contribution in [-0.2, 0) is 17.1 Å². The summed E-state index contributed by atoms with van der Waals surface area (Å²) in [6, 6.07) is 0. The van der Waals surface area contributed by atoms with Gasteiger partial charge in [-0.3, -0.25) is 0 Å². The fourth-order valence-corrected chi connectivity index (χ4v) is 0. The molecule has 0 aliphatic heterocycles. The van der Waals surface area contributed by atoms with E-state index in [1.807, 2.05) is 0 Å². The molecule has 0 aliphatic carbocycles. The summed E-state index contributed by atoms with van der Waals surface area (Å²) in [6.07, 6.45) is 0. The Labute approximate surface area is 42.9 Å². The van der Waals surface area contributed by atoms with Crippen molar-refractivity contribution in [3.63, 3.8) is 0 Å². The maximum atomic E-state index is 6.25. The number of nitrogens with zero attached hydrogens (tertiary/aromatic N) is 1. The quantitative estimate of drug-likeness (QED) is 0.327. The monoisotopic (exact) mass is 115 g/mol. The Bertz CT molecular complexity index is 12.8. The van der Waals surface area contributed by atoms with Gasteiger partial charge in [-0.1, -0.05) is 0 Å². The average Bonchev–Trinajstić information content (AvgIpc) is 1.00. The molecule has 0 aromatic rings. The third-order valence-electron chi connectivity index (χ3n) is 0. The van der Waals surface area contributed by atoms with Gasteiger partial charge < -0.3 is 11.8 Å². The fraction of sp³-hybridized carbons (Fsp3) is 0. The molecule has 0 aromatic carbocycles. The van der Waals surface area contributed by atoms with E-state index in [9.17, 15) is 0 Å². The second-order valence-electron chi connectivity index (χ2n) is 0. The molecular formula is CH2MnNS-. The molecule has 1 nitrogen and oxygen atoms in total. The zero-order valence-electron chi connectivity index (χ0n) is 1.83. The van der Waals surface area contributed by atoms with E-state index in [0.29, 0.717) is 0 Å². The van der Waals surface area contributed by atoms with Gasteiger partial charge in [0.1, 0.15) is 0 Å². The maximum absolute atomic E-state index is 6.25. The predicted octanol–water partition coefficient (Wildman–Crippen LogP) is 0.207. The minimum Gasteiger partial charge on any atom is -0.512 e. The molecule has 0 bridgehead atoms. The molecule has 4 heavy (non-hydrogen) atoms. The van der Waals surface area contributed by atoms with Gasteiger partial charge in [-0.15, -0.1) is 0 Å². The molecule has 0 amide bonds. The number of hydrogen-bond donors (Lipinski definition) is 0. The second kappa shape index (κ2) is 145. The molecule has 0 spiro atoms. The van der Waals surface area contributed by atoms with Crippen LogP contribution in [0, 0.1) is 11.8 Å². The Morgan fingerprint density at radius 2 is 1.25 bits per heavy atom. The van der Waals surface area contributed by atoms with Gasteiger partial charge in [0.15, 0.2) is 0 Å². The van der Waals surface area contributed by atoms with Gasteiger partial charge in [0.25, 0.3) is 0 Å². The molecule has 0 unspecified atom stereocenters. The van der Waals surface area contributed by atoms with E-state index >= 15 is 0 Å². The van der Waals surface area contributed by atoms with Gasteiger partial charge in [-0.25, -0.2) is 0 Å². The summed E-state index contributed by atoms with van der Waals surface area (Å²) in [4.78, 5) is 0. The largest absolute Gasteiger partial charge is 0.512 e. The molecule has 0 heterocycles. The molecule has 1 radical (unpaired) electrons. The molecule has 0 N–H and O–H groups in total. The molecule has 0 aliphatic rings. The zero-order valence-corrected chi connectivity index (χ0v) is 4.01. The van der Waals surface area contributed by atoms with Crippen LogP contribution in [0.25, 0.3) is 0 Å². The van der Waals surface area contributed by atoms with E-state index in [4.69, 9.17) is 11.8 Å². The number of rotatable bonds is 0. The van der Waals surface area contributed by atoms with Crippen molar-refractivity contribution in [2.45, 2.75) is 0 Å². The van der Waals surface area contributed by atoms with Crippen LogP contribution >= 0.6 is 13.5 Å². The van der Waals surface area contributed by atoms with Crippen molar-refractivity contribution in [1.29, 1.82) is 5.26 Å². The Kier molecular flexibility index (Phi) is 963. The van der Waals surface area contributed by atoms with Gasteiger partial charge in [0.2, 0.25) is 0 Å². The normalized spacial score (nSPS) is 0.500. The topological polar surface area (TPSA) is 23.8 Å². The summed E-state index contributed by atoms with van der Waals surface area (Å²) >= 11 is 0. The van der Waals surface area contributed by atoms with Crippen LogP contribution in [0.5, 0.6) is 0 Å². The predicted molar refractivity (Wildman–Crippen MR) is 15.3 cm³/mol. The van der Waals surface area contributed by atoms with Crippen LogP contribution in [0.4, 0.5) is 0 Å². The molecule has 0 saturated carbocycles. The molecule has 0 fully saturated rings. The van der Waals surface area contributed by atoms with Crippen molar-refractivity contribution in [2.24, 2.45) is 0 Å². The second-order valence-corrected chi connectivity index (χ2v) is 0. The van der Waals surface area contributed by atoms with Crippen molar-refractivity contribution in [2.75, 3.05) is 0 Å². The van der Waals surface area contributed by atoms with Crippen molar-refractivity contribution < 1.29 is 17.1 Å². The minimum atomic E-state index is 0. The zero-order chi connectivity index (χ0) is 2.00. The van der Waals surface area contributed by atoms with E-state index in [1.54, 1.807) is 0 Å². The molecule has 25 valence electrons. The summed E-state index contributed by atoms with van der Waals surface area (Å²) in [7, 11) is 0. The standard InChI is InChI=1S/CN.Mn.H2S/c1-2;;/h;;1H2/q-1;;. The van der Waals surface area contributed by atoms with Crippen molar-refractivity contribution in [1.82, 2.24) is 0 Å². The third kappa shape index (κ3) is 33.7. The van der Waals surface area contributed by atoms with E-state index in [-0.39, 0.29) is 30.6 Å². The van der Waals surface area contributed by atoms with Crippen LogP contribution in [0.1, 0.15) is 0 Å². The summed E-state index contributed by atoms with van der Waals surface area (Å²) in [5.41, 5.74) is 0. The fourth-order valence-electron chi connectivity index (χ4n) is 0. The van der Waals surface area contributed by atoms with Crippen molar-refractivity contribution in [3.05, 3.63) is 6.57 Å². The Balaban J connectivity index is -0.00000000500. The summed E-state index contributed by atoms with van der Waals surface area (Å²) in [5, 5.41) is 6.25. The van der Waals surface area contributed by atoms with E-state index in [0.717, 1.165) is 0 Å². The first-order valence-electron chi connectivity index (χ1n) is 0.224. The first kappa shape index (κ1) is 26.6. The Hall–Kier alpha value is 0.359. The van der Waals surface area contributed by atoms with Gasteiger partial charge >= 0.3 is 0 Å².